The fourth-order valence-corrected chi connectivity index (χ4v) is 9.69. The molecule has 192 valence electrons. The molecule has 5 heteroatoms. The van der Waals surface area contributed by atoms with E-state index in [0.29, 0.717) is 12.8 Å². The van der Waals surface area contributed by atoms with Crippen molar-refractivity contribution < 1.29 is 19.5 Å². The number of hydrogen-bond donors (Lipinski definition) is 2. The van der Waals surface area contributed by atoms with Crippen LogP contribution in [0, 0.1) is 44.3 Å². The second-order valence-corrected chi connectivity index (χ2v) is 14.5. The van der Waals surface area contributed by atoms with E-state index < -0.39 is 32.7 Å². The summed E-state index contributed by atoms with van der Waals surface area (Å²) in [5.41, 5.74) is 2.46. The van der Waals surface area contributed by atoms with Crippen molar-refractivity contribution in [1.29, 1.82) is 0 Å². The molecule has 0 heterocycles. The van der Waals surface area contributed by atoms with E-state index in [0.717, 1.165) is 37.7 Å². The molecule has 5 aliphatic carbocycles. The fourth-order valence-electron chi connectivity index (χ4n) is 9.69. The Hall–Kier alpha value is -1.75. The summed E-state index contributed by atoms with van der Waals surface area (Å²) in [5, 5.41) is 12.7. The number of amides is 1. The largest absolute Gasteiger partial charge is 0.381 e. The Kier molecular flexibility index (Phi) is 4.81. The molecule has 0 aliphatic heterocycles. The van der Waals surface area contributed by atoms with Crippen LogP contribution in [0.25, 0.3) is 0 Å². The highest BCUT2D eigenvalue weighted by atomic mass is 16.3. The van der Waals surface area contributed by atoms with Crippen molar-refractivity contribution in [3.63, 3.8) is 0 Å². The first-order valence-electron chi connectivity index (χ1n) is 13.5. The van der Waals surface area contributed by atoms with Gasteiger partial charge in [0.2, 0.25) is 5.91 Å². The molecule has 0 spiro atoms. The highest BCUT2D eigenvalue weighted by molar-refractivity contribution is 6.01. The van der Waals surface area contributed by atoms with Gasteiger partial charge in [-0.25, -0.2) is 0 Å². The third-order valence-corrected chi connectivity index (χ3v) is 12.7. The summed E-state index contributed by atoms with van der Waals surface area (Å²) in [6.07, 6.45) is 10.8. The Bertz CT molecular complexity index is 1100. The monoisotopic (exact) mass is 481 g/mol. The summed E-state index contributed by atoms with van der Waals surface area (Å²) in [6, 6.07) is 0. The highest BCUT2D eigenvalue weighted by Gasteiger charge is 2.75. The van der Waals surface area contributed by atoms with Gasteiger partial charge in [-0.3, -0.25) is 14.4 Å². The van der Waals surface area contributed by atoms with Crippen molar-refractivity contribution in [1.82, 2.24) is 0 Å². The number of allylic oxidation sites excluding steroid dienone is 3. The van der Waals surface area contributed by atoms with Crippen LogP contribution in [0.3, 0.4) is 0 Å². The molecule has 0 aromatic rings. The fraction of sp³-hybridized carbons (Fsp3) is 0.767. The maximum Gasteiger partial charge on any atom is 0.223 e. The van der Waals surface area contributed by atoms with Crippen molar-refractivity contribution in [2.45, 2.75) is 99.0 Å². The molecule has 5 rings (SSSR count). The molecule has 5 aliphatic rings. The Morgan fingerprint density at radius 3 is 2.17 bits per heavy atom. The zero-order chi connectivity index (χ0) is 26.0. The molecule has 5 nitrogen and oxygen atoms in total. The first-order valence-corrected chi connectivity index (χ1v) is 13.5. The van der Waals surface area contributed by atoms with Crippen LogP contribution < -0.4 is 5.73 Å². The minimum Gasteiger partial charge on any atom is -0.381 e. The molecular formula is C30H43NO4. The molecule has 3 fully saturated rings. The Morgan fingerprint density at radius 1 is 0.914 bits per heavy atom. The minimum absolute atomic E-state index is 0.108. The van der Waals surface area contributed by atoms with Crippen LogP contribution in [0.4, 0.5) is 0 Å². The molecule has 8 unspecified atom stereocenters. The van der Waals surface area contributed by atoms with E-state index in [9.17, 15) is 19.5 Å². The van der Waals surface area contributed by atoms with Crippen molar-refractivity contribution in [2.75, 3.05) is 0 Å². The summed E-state index contributed by atoms with van der Waals surface area (Å²) < 4.78 is 0. The van der Waals surface area contributed by atoms with Gasteiger partial charge in [-0.15, -0.1) is 0 Å². The topological polar surface area (TPSA) is 97.5 Å². The number of carbonyl (C=O) groups is 3. The Balaban J connectivity index is 1.70. The Labute approximate surface area is 210 Å². The maximum absolute atomic E-state index is 14.2. The zero-order valence-electron chi connectivity index (χ0n) is 22.6. The number of ketones is 2. The lowest BCUT2D eigenvalue weighted by atomic mass is 9.33. The second-order valence-electron chi connectivity index (χ2n) is 14.5. The number of aliphatic hydroxyl groups is 1. The number of nitrogens with two attached hydrogens (primary N) is 1. The molecule has 3 saturated carbocycles. The molecule has 0 aromatic heterocycles. The molecule has 0 bridgehead atoms. The van der Waals surface area contributed by atoms with E-state index in [2.05, 4.69) is 27.7 Å². The number of primary amides is 1. The first kappa shape index (κ1) is 24.9. The summed E-state index contributed by atoms with van der Waals surface area (Å²) >= 11 is 0. The van der Waals surface area contributed by atoms with Gasteiger partial charge in [-0.1, -0.05) is 54.5 Å². The summed E-state index contributed by atoms with van der Waals surface area (Å²) in [4.78, 5) is 39.5. The lowest BCUT2D eigenvalue weighted by molar-refractivity contribution is -0.242. The van der Waals surface area contributed by atoms with E-state index in [1.165, 1.54) is 0 Å². The molecule has 0 saturated heterocycles. The van der Waals surface area contributed by atoms with Crippen molar-refractivity contribution in [3.8, 4) is 0 Å². The van der Waals surface area contributed by atoms with E-state index in [1.807, 2.05) is 26.8 Å². The van der Waals surface area contributed by atoms with Crippen molar-refractivity contribution >= 4 is 17.5 Å². The normalized spacial score (nSPS) is 52.5. The average Bonchev–Trinajstić information content (AvgIpc) is 2.77. The van der Waals surface area contributed by atoms with E-state index in [-0.39, 0.29) is 34.7 Å². The third kappa shape index (κ3) is 2.66. The minimum atomic E-state index is -1.55. The van der Waals surface area contributed by atoms with Gasteiger partial charge in [0.05, 0.1) is 0 Å². The van der Waals surface area contributed by atoms with Gasteiger partial charge in [0.1, 0.15) is 5.60 Å². The second kappa shape index (κ2) is 6.76. The molecule has 0 aromatic carbocycles. The standard InChI is InChI=1S/C30H43NO4/c1-24(2)18-8-11-28(6)19(27(18,5)10-9-21(24)32)16-22(33)30(35)20-17-26(4,23(31)34)13-12-25(20,3)14-15-29(28,30)7/h9-10,16,18,20,35H,8,11-15,17H2,1-7H3,(H2,31,34). The van der Waals surface area contributed by atoms with Crippen LogP contribution in [0.2, 0.25) is 0 Å². The average molecular weight is 482 g/mol. The summed E-state index contributed by atoms with van der Waals surface area (Å²) in [7, 11) is 0. The van der Waals surface area contributed by atoms with Gasteiger partial charge in [0.15, 0.2) is 11.6 Å². The van der Waals surface area contributed by atoms with Crippen molar-refractivity contribution in [3.05, 3.63) is 23.8 Å². The van der Waals surface area contributed by atoms with Crippen LogP contribution in [-0.2, 0) is 14.4 Å². The lowest BCUT2D eigenvalue weighted by Gasteiger charge is -2.71. The summed E-state index contributed by atoms with van der Waals surface area (Å²) in [6.45, 7) is 14.7. The van der Waals surface area contributed by atoms with Gasteiger partial charge in [0.25, 0.3) is 0 Å². The third-order valence-electron chi connectivity index (χ3n) is 12.7. The summed E-state index contributed by atoms with van der Waals surface area (Å²) in [5.74, 6) is -0.630. The van der Waals surface area contributed by atoms with E-state index in [4.69, 9.17) is 5.73 Å². The molecule has 1 amide bonds. The molecule has 8 atom stereocenters. The number of rotatable bonds is 1. The smallest absolute Gasteiger partial charge is 0.223 e. The van der Waals surface area contributed by atoms with E-state index >= 15 is 0 Å². The van der Waals surface area contributed by atoms with Gasteiger partial charge in [0, 0.05) is 27.6 Å². The quantitative estimate of drug-likeness (QED) is 0.556. The highest BCUT2D eigenvalue weighted by Crippen LogP contribution is 2.75. The predicted octanol–water partition coefficient (Wildman–Crippen LogP) is 4.91. The number of fused-ring (bicyclic) bond motifs is 7. The van der Waals surface area contributed by atoms with E-state index in [1.54, 1.807) is 12.2 Å². The van der Waals surface area contributed by atoms with Gasteiger partial charge in [-0.2, -0.15) is 0 Å². The van der Waals surface area contributed by atoms with Crippen LogP contribution in [-0.4, -0.2) is 28.2 Å². The predicted molar refractivity (Wildman–Crippen MR) is 135 cm³/mol. The zero-order valence-corrected chi connectivity index (χ0v) is 22.6. The Morgan fingerprint density at radius 2 is 1.54 bits per heavy atom. The lowest BCUT2D eigenvalue weighted by Crippen LogP contribution is -2.74. The van der Waals surface area contributed by atoms with Crippen LogP contribution in [0.1, 0.15) is 93.4 Å². The van der Waals surface area contributed by atoms with Gasteiger partial charge >= 0.3 is 0 Å². The number of hydrogen-bond acceptors (Lipinski definition) is 4. The molecule has 3 N–H and O–H groups in total. The van der Waals surface area contributed by atoms with Gasteiger partial charge in [-0.05, 0) is 79.4 Å². The van der Waals surface area contributed by atoms with Crippen LogP contribution >= 0.6 is 0 Å². The number of carbonyl (C=O) groups excluding carboxylic acids is 3. The van der Waals surface area contributed by atoms with Crippen molar-refractivity contribution in [2.24, 2.45) is 50.1 Å². The molecule has 35 heavy (non-hydrogen) atoms. The SMILES string of the molecule is CC1(C(N)=O)CCC2(C)CCC3(C)C4(C)CCC5C(C)(C)C(=O)C=CC5(C)C4=CC(=O)C3(O)C2C1. The van der Waals surface area contributed by atoms with Crippen LogP contribution in [0.15, 0.2) is 23.8 Å². The molecule has 0 radical (unpaired) electrons. The molecular weight excluding hydrogens is 438 g/mol. The van der Waals surface area contributed by atoms with Gasteiger partial charge < -0.3 is 10.8 Å². The van der Waals surface area contributed by atoms with Crippen LogP contribution in [0.5, 0.6) is 0 Å². The first-order chi connectivity index (χ1) is 15.9. The maximum atomic E-state index is 14.2.